The number of nitrogens with one attached hydrogen (secondary N) is 2. The maximum absolute atomic E-state index is 6.05. The van der Waals surface area contributed by atoms with Gasteiger partial charge >= 0.3 is 0 Å². The van der Waals surface area contributed by atoms with Crippen LogP contribution in [0.5, 0.6) is 0 Å². The van der Waals surface area contributed by atoms with Crippen molar-refractivity contribution in [3.8, 4) is 0 Å². The van der Waals surface area contributed by atoms with Gasteiger partial charge in [-0.2, -0.15) is 0 Å². The normalized spacial score (nSPS) is 10.4. The first-order valence-corrected chi connectivity index (χ1v) is 6.69. The minimum atomic E-state index is 0.427. The molecule has 0 spiro atoms. The summed E-state index contributed by atoms with van der Waals surface area (Å²) < 4.78 is 0. The van der Waals surface area contributed by atoms with E-state index in [4.69, 9.17) is 23.8 Å². The summed E-state index contributed by atoms with van der Waals surface area (Å²) in [5.74, 6) is 0. The molecule has 0 radical (unpaired) electrons. The lowest BCUT2D eigenvalue weighted by Gasteiger charge is -2.18. The Hall–Kier alpha value is -0.800. The standard InChI is InChI=1S/C13H19ClN2S/c1-4-10(5-2)15-13(17)16-11-7-6-9(3)12(14)8-11/h6-8,10H,4-5H2,1-3H3,(H2,15,16,17). The summed E-state index contributed by atoms with van der Waals surface area (Å²) in [6.45, 7) is 6.27. The van der Waals surface area contributed by atoms with Crippen molar-refractivity contribution in [1.82, 2.24) is 5.32 Å². The second-order valence-electron chi connectivity index (χ2n) is 4.08. The summed E-state index contributed by atoms with van der Waals surface area (Å²) in [4.78, 5) is 0. The van der Waals surface area contributed by atoms with Crippen LogP contribution in [0.2, 0.25) is 5.02 Å². The molecule has 4 heteroatoms. The van der Waals surface area contributed by atoms with Crippen molar-refractivity contribution >= 4 is 34.6 Å². The molecule has 0 heterocycles. The lowest BCUT2D eigenvalue weighted by atomic mass is 10.2. The minimum absolute atomic E-state index is 0.427. The van der Waals surface area contributed by atoms with Gasteiger partial charge in [0, 0.05) is 16.8 Å². The topological polar surface area (TPSA) is 24.1 Å². The molecule has 0 saturated carbocycles. The first kappa shape index (κ1) is 14.3. The highest BCUT2D eigenvalue weighted by Crippen LogP contribution is 2.19. The molecule has 94 valence electrons. The summed E-state index contributed by atoms with van der Waals surface area (Å²) in [6, 6.07) is 6.26. The van der Waals surface area contributed by atoms with Crippen LogP contribution in [0.3, 0.4) is 0 Å². The molecule has 0 aliphatic heterocycles. The first-order valence-electron chi connectivity index (χ1n) is 5.90. The van der Waals surface area contributed by atoms with Gasteiger partial charge in [-0.05, 0) is 49.7 Å². The van der Waals surface area contributed by atoms with Gasteiger partial charge in [0.1, 0.15) is 0 Å². The smallest absolute Gasteiger partial charge is 0.170 e. The second-order valence-corrected chi connectivity index (χ2v) is 4.89. The molecule has 1 rings (SSSR count). The summed E-state index contributed by atoms with van der Waals surface area (Å²) in [6.07, 6.45) is 2.12. The van der Waals surface area contributed by atoms with Crippen LogP contribution in [0.25, 0.3) is 0 Å². The van der Waals surface area contributed by atoms with Crippen molar-refractivity contribution < 1.29 is 0 Å². The number of benzene rings is 1. The molecule has 0 unspecified atom stereocenters. The van der Waals surface area contributed by atoms with Gasteiger partial charge in [0.05, 0.1) is 0 Å². The summed E-state index contributed by atoms with van der Waals surface area (Å²) >= 11 is 11.3. The van der Waals surface area contributed by atoms with E-state index in [0.717, 1.165) is 29.1 Å². The Morgan fingerprint density at radius 2 is 2.00 bits per heavy atom. The zero-order valence-electron chi connectivity index (χ0n) is 10.5. The van der Waals surface area contributed by atoms with Crippen molar-refractivity contribution in [1.29, 1.82) is 0 Å². The average Bonchev–Trinajstić information content (AvgIpc) is 2.31. The SMILES string of the molecule is CCC(CC)NC(=S)Nc1ccc(C)c(Cl)c1. The molecule has 0 aliphatic rings. The van der Waals surface area contributed by atoms with Crippen molar-refractivity contribution in [3.63, 3.8) is 0 Å². The highest BCUT2D eigenvalue weighted by Gasteiger charge is 2.05. The predicted molar refractivity (Wildman–Crippen MR) is 79.9 cm³/mol. The van der Waals surface area contributed by atoms with E-state index in [0.29, 0.717) is 11.2 Å². The Labute approximate surface area is 114 Å². The fourth-order valence-electron chi connectivity index (χ4n) is 1.52. The molecule has 0 aliphatic carbocycles. The van der Waals surface area contributed by atoms with Gasteiger partial charge in [-0.3, -0.25) is 0 Å². The zero-order chi connectivity index (χ0) is 12.8. The van der Waals surface area contributed by atoms with Gasteiger partial charge in [0.25, 0.3) is 0 Å². The van der Waals surface area contributed by atoms with E-state index in [9.17, 15) is 0 Å². The average molecular weight is 271 g/mol. The quantitative estimate of drug-likeness (QED) is 0.805. The van der Waals surface area contributed by atoms with Crippen LogP contribution in [0.15, 0.2) is 18.2 Å². The lowest BCUT2D eigenvalue weighted by molar-refractivity contribution is 0.573. The van der Waals surface area contributed by atoms with E-state index in [-0.39, 0.29) is 0 Å². The summed E-state index contributed by atoms with van der Waals surface area (Å²) in [5, 5.41) is 7.82. The maximum atomic E-state index is 6.05. The number of thiocarbonyl (C=S) groups is 1. The highest BCUT2D eigenvalue weighted by atomic mass is 35.5. The van der Waals surface area contributed by atoms with Crippen molar-refractivity contribution in [3.05, 3.63) is 28.8 Å². The molecule has 17 heavy (non-hydrogen) atoms. The number of halogens is 1. The molecule has 0 atom stereocenters. The van der Waals surface area contributed by atoms with Gasteiger partial charge in [0.15, 0.2) is 5.11 Å². The van der Waals surface area contributed by atoms with Gasteiger partial charge in [-0.1, -0.05) is 31.5 Å². The molecule has 1 aromatic rings. The maximum Gasteiger partial charge on any atom is 0.170 e. The van der Waals surface area contributed by atoms with E-state index >= 15 is 0 Å². The Bertz CT molecular complexity index is 389. The van der Waals surface area contributed by atoms with E-state index < -0.39 is 0 Å². The van der Waals surface area contributed by atoms with Crippen molar-refractivity contribution in [2.45, 2.75) is 39.7 Å². The number of hydrogen-bond donors (Lipinski definition) is 2. The molecule has 0 amide bonds. The summed E-state index contributed by atoms with van der Waals surface area (Å²) in [7, 11) is 0. The van der Waals surface area contributed by atoms with Crippen LogP contribution in [0.1, 0.15) is 32.3 Å². The fraction of sp³-hybridized carbons (Fsp3) is 0.462. The van der Waals surface area contributed by atoms with E-state index in [2.05, 4.69) is 24.5 Å². The van der Waals surface area contributed by atoms with Gasteiger partial charge in [-0.15, -0.1) is 0 Å². The van der Waals surface area contributed by atoms with E-state index in [1.54, 1.807) is 0 Å². The molecule has 2 N–H and O–H groups in total. The van der Waals surface area contributed by atoms with Gasteiger partial charge in [-0.25, -0.2) is 0 Å². The molecule has 0 fully saturated rings. The van der Waals surface area contributed by atoms with Crippen molar-refractivity contribution in [2.75, 3.05) is 5.32 Å². The van der Waals surface area contributed by atoms with Crippen LogP contribution in [-0.2, 0) is 0 Å². The third-order valence-corrected chi connectivity index (χ3v) is 3.38. The Morgan fingerprint density at radius 3 is 2.53 bits per heavy atom. The zero-order valence-corrected chi connectivity index (χ0v) is 12.1. The third kappa shape index (κ3) is 4.52. The largest absolute Gasteiger partial charge is 0.360 e. The van der Waals surface area contributed by atoms with Crippen LogP contribution in [-0.4, -0.2) is 11.2 Å². The predicted octanol–water partition coefficient (Wildman–Crippen LogP) is 4.12. The lowest BCUT2D eigenvalue weighted by Crippen LogP contribution is -2.36. The Balaban J connectivity index is 2.58. The van der Waals surface area contributed by atoms with Crippen molar-refractivity contribution in [2.24, 2.45) is 0 Å². The van der Waals surface area contributed by atoms with Crippen LogP contribution in [0, 0.1) is 6.92 Å². The number of aryl methyl sites for hydroxylation is 1. The second kappa shape index (κ2) is 6.82. The molecular formula is C13H19ClN2S. The van der Waals surface area contributed by atoms with Crippen LogP contribution in [0.4, 0.5) is 5.69 Å². The number of rotatable bonds is 4. The molecule has 2 nitrogen and oxygen atoms in total. The molecule has 0 bridgehead atoms. The molecule has 0 saturated heterocycles. The van der Waals surface area contributed by atoms with E-state index in [1.807, 2.05) is 25.1 Å². The Kier molecular flexibility index (Phi) is 5.72. The van der Waals surface area contributed by atoms with Crippen LogP contribution < -0.4 is 10.6 Å². The van der Waals surface area contributed by atoms with Gasteiger partial charge in [0.2, 0.25) is 0 Å². The minimum Gasteiger partial charge on any atom is -0.360 e. The number of hydrogen-bond acceptors (Lipinski definition) is 1. The van der Waals surface area contributed by atoms with Gasteiger partial charge < -0.3 is 10.6 Å². The summed E-state index contributed by atoms with van der Waals surface area (Å²) in [5.41, 5.74) is 1.99. The molecular weight excluding hydrogens is 252 g/mol. The fourth-order valence-corrected chi connectivity index (χ4v) is 1.98. The molecule has 0 aromatic heterocycles. The Morgan fingerprint density at radius 1 is 1.35 bits per heavy atom. The monoisotopic (exact) mass is 270 g/mol. The highest BCUT2D eigenvalue weighted by molar-refractivity contribution is 7.80. The third-order valence-electron chi connectivity index (χ3n) is 2.75. The first-order chi connectivity index (χ1) is 8.06. The molecule has 1 aromatic carbocycles. The van der Waals surface area contributed by atoms with E-state index in [1.165, 1.54) is 0 Å². The van der Waals surface area contributed by atoms with Crippen LogP contribution >= 0.6 is 23.8 Å². The number of anilines is 1.